The van der Waals surface area contributed by atoms with Crippen LogP contribution in [-0.2, 0) is 4.84 Å². The molecule has 0 radical (unpaired) electrons. The summed E-state index contributed by atoms with van der Waals surface area (Å²) in [6.07, 6.45) is 1.62. The molecule has 1 rings (SSSR count). The van der Waals surface area contributed by atoms with Crippen molar-refractivity contribution in [2.45, 2.75) is 26.3 Å². The third-order valence-corrected chi connectivity index (χ3v) is 1.80. The molecule has 0 aliphatic carbocycles. The van der Waals surface area contributed by atoms with Crippen LogP contribution >= 0.6 is 11.6 Å². The van der Waals surface area contributed by atoms with E-state index in [4.69, 9.17) is 16.4 Å². The summed E-state index contributed by atoms with van der Waals surface area (Å²) in [6, 6.07) is 1.76. The van der Waals surface area contributed by atoms with Gasteiger partial charge in [0.05, 0.1) is 19.0 Å². The predicted octanol–water partition coefficient (Wildman–Crippen LogP) is 2.92. The summed E-state index contributed by atoms with van der Waals surface area (Å²) in [5.74, 6) is 0. The van der Waals surface area contributed by atoms with Gasteiger partial charge in [0, 0.05) is 11.6 Å². The summed E-state index contributed by atoms with van der Waals surface area (Å²) in [7, 11) is 1.55. The summed E-state index contributed by atoms with van der Waals surface area (Å²) in [5.41, 5.74) is 4.32. The molecule has 0 aromatic carbocycles. The fourth-order valence-corrected chi connectivity index (χ4v) is 1.29. The number of anilines is 2. The SMILES string of the molecule is CONc1cnc(Cl)cc1NC(C)(C)C. The number of aromatic nitrogens is 1. The predicted molar refractivity (Wildman–Crippen MR) is 63.3 cm³/mol. The van der Waals surface area contributed by atoms with Crippen molar-refractivity contribution in [3.05, 3.63) is 17.4 Å². The molecular weight excluding hydrogens is 214 g/mol. The second kappa shape index (κ2) is 4.68. The number of nitrogens with zero attached hydrogens (tertiary/aromatic N) is 1. The van der Waals surface area contributed by atoms with Crippen LogP contribution in [0.25, 0.3) is 0 Å². The maximum absolute atomic E-state index is 5.83. The smallest absolute Gasteiger partial charge is 0.131 e. The van der Waals surface area contributed by atoms with E-state index in [1.807, 2.05) is 0 Å². The second-order valence-corrected chi connectivity index (χ2v) is 4.62. The van der Waals surface area contributed by atoms with Gasteiger partial charge < -0.3 is 5.32 Å². The van der Waals surface area contributed by atoms with Gasteiger partial charge in [0.25, 0.3) is 0 Å². The standard InChI is InChI=1S/C10H16ClN3O/c1-10(2,3)13-7-5-9(11)12-6-8(7)14-15-4/h5-6,14H,1-4H3,(H,12,13). The van der Waals surface area contributed by atoms with E-state index in [0.29, 0.717) is 5.15 Å². The van der Waals surface area contributed by atoms with E-state index in [1.54, 1.807) is 19.4 Å². The van der Waals surface area contributed by atoms with Gasteiger partial charge in [0.15, 0.2) is 0 Å². The average Bonchev–Trinajstić information content (AvgIpc) is 2.07. The zero-order valence-electron chi connectivity index (χ0n) is 9.39. The van der Waals surface area contributed by atoms with Gasteiger partial charge >= 0.3 is 0 Å². The third kappa shape index (κ3) is 3.93. The van der Waals surface area contributed by atoms with Crippen LogP contribution in [0.3, 0.4) is 0 Å². The molecule has 0 unspecified atom stereocenters. The van der Waals surface area contributed by atoms with Gasteiger partial charge in [-0.15, -0.1) is 0 Å². The molecule has 1 aromatic rings. The Morgan fingerprint density at radius 2 is 2.00 bits per heavy atom. The monoisotopic (exact) mass is 229 g/mol. The van der Waals surface area contributed by atoms with Crippen molar-refractivity contribution in [1.82, 2.24) is 4.98 Å². The molecule has 0 fully saturated rings. The highest BCUT2D eigenvalue weighted by atomic mass is 35.5. The van der Waals surface area contributed by atoms with E-state index in [1.165, 1.54) is 0 Å². The fraction of sp³-hybridized carbons (Fsp3) is 0.500. The van der Waals surface area contributed by atoms with Crippen LogP contribution in [-0.4, -0.2) is 17.6 Å². The minimum Gasteiger partial charge on any atom is -0.379 e. The van der Waals surface area contributed by atoms with Crippen LogP contribution in [0, 0.1) is 0 Å². The van der Waals surface area contributed by atoms with Crippen molar-refractivity contribution >= 4 is 23.0 Å². The lowest BCUT2D eigenvalue weighted by atomic mass is 10.1. The Morgan fingerprint density at radius 1 is 1.33 bits per heavy atom. The summed E-state index contributed by atoms with van der Waals surface area (Å²) in [4.78, 5) is 8.82. The number of halogens is 1. The summed E-state index contributed by atoms with van der Waals surface area (Å²) >= 11 is 5.83. The summed E-state index contributed by atoms with van der Waals surface area (Å²) < 4.78 is 0. The number of pyridine rings is 1. The molecule has 4 nitrogen and oxygen atoms in total. The van der Waals surface area contributed by atoms with Crippen molar-refractivity contribution in [2.24, 2.45) is 0 Å². The van der Waals surface area contributed by atoms with E-state index in [9.17, 15) is 0 Å². The number of nitrogens with one attached hydrogen (secondary N) is 2. The fourth-order valence-electron chi connectivity index (χ4n) is 1.13. The average molecular weight is 230 g/mol. The van der Waals surface area contributed by atoms with Gasteiger partial charge in [-0.05, 0) is 20.8 Å². The lowest BCUT2D eigenvalue weighted by Gasteiger charge is -2.24. The minimum atomic E-state index is -0.0468. The van der Waals surface area contributed by atoms with Crippen LogP contribution in [0.1, 0.15) is 20.8 Å². The Balaban J connectivity index is 2.96. The van der Waals surface area contributed by atoms with Crippen LogP contribution in [0.2, 0.25) is 5.15 Å². The van der Waals surface area contributed by atoms with Crippen LogP contribution in [0.15, 0.2) is 12.3 Å². The first-order valence-corrected chi connectivity index (χ1v) is 5.03. The molecule has 0 saturated carbocycles. The van der Waals surface area contributed by atoms with Crippen LogP contribution < -0.4 is 10.8 Å². The molecule has 1 heterocycles. The molecule has 1 aromatic heterocycles. The maximum atomic E-state index is 5.83. The molecule has 2 N–H and O–H groups in total. The van der Waals surface area contributed by atoms with E-state index in [0.717, 1.165) is 11.4 Å². The summed E-state index contributed by atoms with van der Waals surface area (Å²) in [5, 5.41) is 3.76. The van der Waals surface area contributed by atoms with Crippen LogP contribution in [0.5, 0.6) is 0 Å². The largest absolute Gasteiger partial charge is 0.379 e. The minimum absolute atomic E-state index is 0.0468. The Kier molecular flexibility index (Phi) is 3.77. The lowest BCUT2D eigenvalue weighted by Crippen LogP contribution is -2.26. The molecule has 0 amide bonds. The van der Waals surface area contributed by atoms with E-state index < -0.39 is 0 Å². The van der Waals surface area contributed by atoms with Gasteiger partial charge in [0.1, 0.15) is 10.8 Å². The topological polar surface area (TPSA) is 46.2 Å². The van der Waals surface area contributed by atoms with Crippen LogP contribution in [0.4, 0.5) is 11.4 Å². The highest BCUT2D eigenvalue weighted by molar-refractivity contribution is 6.29. The normalized spacial score (nSPS) is 11.3. The third-order valence-electron chi connectivity index (χ3n) is 1.59. The number of hydrogen-bond donors (Lipinski definition) is 2. The number of hydrogen-bond acceptors (Lipinski definition) is 4. The van der Waals surface area contributed by atoms with Gasteiger partial charge in [-0.25, -0.2) is 4.98 Å². The first-order chi connectivity index (χ1) is 6.92. The first kappa shape index (κ1) is 12.1. The van der Waals surface area contributed by atoms with Gasteiger partial charge in [0.2, 0.25) is 0 Å². The second-order valence-electron chi connectivity index (χ2n) is 4.23. The van der Waals surface area contributed by atoms with E-state index in [2.05, 4.69) is 36.6 Å². The molecule has 0 spiro atoms. The van der Waals surface area contributed by atoms with Crippen molar-refractivity contribution in [3.8, 4) is 0 Å². The zero-order chi connectivity index (χ0) is 11.5. The molecular formula is C10H16ClN3O. The molecule has 0 aliphatic heterocycles. The van der Waals surface area contributed by atoms with Gasteiger partial charge in [-0.2, -0.15) is 0 Å². The molecule has 15 heavy (non-hydrogen) atoms. The maximum Gasteiger partial charge on any atom is 0.131 e. The molecule has 84 valence electrons. The van der Waals surface area contributed by atoms with Gasteiger partial charge in [-0.3, -0.25) is 10.3 Å². The molecule has 0 atom stereocenters. The molecule has 5 heteroatoms. The van der Waals surface area contributed by atoms with Gasteiger partial charge in [-0.1, -0.05) is 11.6 Å². The molecule has 0 aliphatic rings. The van der Waals surface area contributed by atoms with Crippen molar-refractivity contribution < 1.29 is 4.84 Å². The molecule has 0 saturated heterocycles. The molecule has 0 bridgehead atoms. The van der Waals surface area contributed by atoms with E-state index >= 15 is 0 Å². The Morgan fingerprint density at radius 3 is 2.53 bits per heavy atom. The van der Waals surface area contributed by atoms with Crippen molar-refractivity contribution in [2.75, 3.05) is 17.9 Å². The van der Waals surface area contributed by atoms with E-state index in [-0.39, 0.29) is 5.54 Å². The Labute approximate surface area is 94.9 Å². The lowest BCUT2D eigenvalue weighted by molar-refractivity contribution is 0.271. The zero-order valence-corrected chi connectivity index (χ0v) is 10.1. The number of rotatable bonds is 3. The van der Waals surface area contributed by atoms with Crippen molar-refractivity contribution in [1.29, 1.82) is 0 Å². The quantitative estimate of drug-likeness (QED) is 0.618. The summed E-state index contributed by atoms with van der Waals surface area (Å²) in [6.45, 7) is 6.20. The van der Waals surface area contributed by atoms with Crippen molar-refractivity contribution in [3.63, 3.8) is 0 Å². The Hall–Kier alpha value is -1.00. The highest BCUT2D eigenvalue weighted by Gasteiger charge is 2.13. The first-order valence-electron chi connectivity index (χ1n) is 4.65. The highest BCUT2D eigenvalue weighted by Crippen LogP contribution is 2.26. The Bertz CT molecular complexity index is 336.